The largest absolute Gasteiger partial charge is 0.455 e. The fraction of sp³-hybridized carbons (Fsp3) is 0.278. The van der Waals surface area contributed by atoms with E-state index in [0.29, 0.717) is 16.2 Å². The summed E-state index contributed by atoms with van der Waals surface area (Å²) in [5, 5.41) is 2.48. The van der Waals surface area contributed by atoms with Crippen LogP contribution in [0.2, 0.25) is 0 Å². The molecule has 2 heterocycles. The van der Waals surface area contributed by atoms with Gasteiger partial charge in [0.15, 0.2) is 0 Å². The Labute approximate surface area is 167 Å². The molecule has 1 aliphatic rings. The van der Waals surface area contributed by atoms with Crippen molar-refractivity contribution in [3.63, 3.8) is 0 Å². The summed E-state index contributed by atoms with van der Waals surface area (Å²) in [6, 6.07) is 4.41. The zero-order chi connectivity index (χ0) is 20.5. The molecule has 148 valence electrons. The Bertz CT molecular complexity index is 923. The minimum absolute atomic E-state index is 0.0105. The third-order valence-electron chi connectivity index (χ3n) is 4.25. The first kappa shape index (κ1) is 20.0. The second kappa shape index (κ2) is 7.70. The molecule has 3 rings (SSSR count). The molecule has 0 spiro atoms. The molecule has 28 heavy (non-hydrogen) atoms. The number of benzene rings is 1. The van der Waals surface area contributed by atoms with Gasteiger partial charge in [0, 0.05) is 35.4 Å². The van der Waals surface area contributed by atoms with E-state index in [1.54, 1.807) is 6.07 Å². The number of methoxy groups -OCH3 is 1. The number of ether oxygens (including phenoxy) is 2. The molecule has 1 atom stereocenters. The third-order valence-corrected chi connectivity index (χ3v) is 4.68. The van der Waals surface area contributed by atoms with Crippen LogP contribution in [-0.2, 0) is 15.1 Å². The maximum Gasteiger partial charge on any atom is 0.406 e. The smallest absolute Gasteiger partial charge is 0.406 e. The third kappa shape index (κ3) is 3.77. The summed E-state index contributed by atoms with van der Waals surface area (Å²) < 4.78 is 38.4. The summed E-state index contributed by atoms with van der Waals surface area (Å²) in [4.78, 5) is 30.1. The fourth-order valence-electron chi connectivity index (χ4n) is 2.87. The number of aromatic nitrogens is 1. The molecule has 2 aromatic rings. The minimum Gasteiger partial charge on any atom is -0.455 e. The van der Waals surface area contributed by atoms with Crippen molar-refractivity contribution in [1.82, 2.24) is 10.3 Å². The molecule has 1 aromatic carbocycles. The van der Waals surface area contributed by atoms with Crippen molar-refractivity contribution in [1.29, 1.82) is 0 Å². The number of nitrogens with zero attached hydrogens (tertiary/aromatic N) is 2. The van der Waals surface area contributed by atoms with Gasteiger partial charge in [0.05, 0.1) is 7.11 Å². The van der Waals surface area contributed by atoms with Crippen LogP contribution in [0.5, 0.6) is 5.88 Å². The Kier molecular flexibility index (Phi) is 5.50. The maximum absolute atomic E-state index is 13.8. The van der Waals surface area contributed by atoms with Crippen LogP contribution in [0, 0.1) is 11.6 Å². The van der Waals surface area contributed by atoms with Gasteiger partial charge in [-0.25, -0.2) is 18.6 Å². The second-order valence-corrected chi connectivity index (χ2v) is 7.06. The van der Waals surface area contributed by atoms with Crippen molar-refractivity contribution in [2.24, 2.45) is 0 Å². The van der Waals surface area contributed by atoms with Gasteiger partial charge in [0.1, 0.15) is 17.3 Å². The quantitative estimate of drug-likeness (QED) is 0.765. The number of halogens is 3. The number of hydrogen-bond donors (Lipinski definition) is 1. The van der Waals surface area contributed by atoms with Gasteiger partial charge in [-0.15, -0.1) is 0 Å². The highest BCUT2D eigenvalue weighted by Crippen LogP contribution is 2.42. The topological polar surface area (TPSA) is 80.8 Å². The van der Waals surface area contributed by atoms with Gasteiger partial charge in [0.2, 0.25) is 11.5 Å². The summed E-state index contributed by atoms with van der Waals surface area (Å²) >= 11 is 3.29. The van der Waals surface area contributed by atoms with E-state index < -0.39 is 29.2 Å². The van der Waals surface area contributed by atoms with Gasteiger partial charge in [0.25, 0.3) is 5.91 Å². The lowest BCUT2D eigenvalue weighted by atomic mass is 9.92. The molecule has 1 aliphatic heterocycles. The van der Waals surface area contributed by atoms with E-state index in [-0.39, 0.29) is 24.5 Å². The molecular weight excluding hydrogens is 440 g/mol. The molecule has 0 saturated carbocycles. The number of nitrogens with one attached hydrogen (secondary N) is 1. The van der Waals surface area contributed by atoms with Gasteiger partial charge in [-0.2, -0.15) is 0 Å². The molecule has 0 saturated heterocycles. The van der Waals surface area contributed by atoms with Gasteiger partial charge in [-0.05, 0) is 41.1 Å². The van der Waals surface area contributed by atoms with Crippen molar-refractivity contribution in [3.8, 4) is 5.88 Å². The lowest BCUT2D eigenvalue weighted by molar-refractivity contribution is -0.135. The van der Waals surface area contributed by atoms with E-state index in [4.69, 9.17) is 4.74 Å². The summed E-state index contributed by atoms with van der Waals surface area (Å²) in [5.41, 5.74) is -1.33. The van der Waals surface area contributed by atoms with E-state index in [9.17, 15) is 18.4 Å². The molecule has 1 N–H and O–H groups in total. The number of hydrogen-bond acceptors (Lipinski definition) is 5. The van der Waals surface area contributed by atoms with E-state index in [0.717, 1.165) is 12.1 Å². The lowest BCUT2D eigenvalue weighted by Crippen LogP contribution is -2.54. The van der Waals surface area contributed by atoms with Crippen LogP contribution >= 0.6 is 15.9 Å². The molecule has 0 fully saturated rings. The number of rotatable bonds is 4. The maximum atomic E-state index is 13.8. The first-order valence-corrected chi connectivity index (χ1v) is 8.99. The standard InChI is InChI=1S/C18H16BrF2N3O4/c1-18(10-5-12(20)8-13(21)6-10)16(25)24(4-3-22-17(26)27-2)14-7-11(19)9-23-15(14)28-18/h5-9H,3-4H2,1-2H3,(H,22,26)/t18-/m0/s1. The molecule has 0 bridgehead atoms. The zero-order valence-corrected chi connectivity index (χ0v) is 16.5. The summed E-state index contributed by atoms with van der Waals surface area (Å²) in [5.74, 6) is -2.10. The van der Waals surface area contributed by atoms with Crippen LogP contribution in [-0.4, -0.2) is 37.2 Å². The number of amides is 2. The summed E-state index contributed by atoms with van der Waals surface area (Å²) in [7, 11) is 1.22. The van der Waals surface area contributed by atoms with Gasteiger partial charge < -0.3 is 19.7 Å². The van der Waals surface area contributed by atoms with E-state index in [1.807, 2.05) is 0 Å². The highest BCUT2D eigenvalue weighted by atomic mass is 79.9. The highest BCUT2D eigenvalue weighted by molar-refractivity contribution is 9.10. The van der Waals surface area contributed by atoms with Crippen molar-refractivity contribution < 1.29 is 27.8 Å². The Hall–Kier alpha value is -2.75. The number of pyridine rings is 1. The van der Waals surface area contributed by atoms with Gasteiger partial charge in [-0.1, -0.05) is 0 Å². The van der Waals surface area contributed by atoms with Crippen molar-refractivity contribution >= 4 is 33.6 Å². The lowest BCUT2D eigenvalue weighted by Gasteiger charge is -2.40. The number of carbonyl (C=O) groups is 2. The molecule has 1 aromatic heterocycles. The SMILES string of the molecule is COC(=O)NCCN1C(=O)[C@](C)(c2cc(F)cc(F)c2)Oc2ncc(Br)cc21. The number of alkyl carbamates (subject to hydrolysis) is 1. The molecule has 2 amide bonds. The van der Waals surface area contributed by atoms with Crippen molar-refractivity contribution in [2.45, 2.75) is 12.5 Å². The average Bonchev–Trinajstić information content (AvgIpc) is 2.64. The second-order valence-electron chi connectivity index (χ2n) is 6.15. The van der Waals surface area contributed by atoms with Crippen LogP contribution in [0.25, 0.3) is 0 Å². The van der Waals surface area contributed by atoms with E-state index in [2.05, 4.69) is 31.0 Å². The fourth-order valence-corrected chi connectivity index (χ4v) is 3.19. The molecule has 10 heteroatoms. The first-order valence-electron chi connectivity index (χ1n) is 8.19. The average molecular weight is 456 g/mol. The summed E-state index contributed by atoms with van der Waals surface area (Å²) in [6.45, 7) is 1.56. The van der Waals surface area contributed by atoms with E-state index >= 15 is 0 Å². The van der Waals surface area contributed by atoms with E-state index in [1.165, 1.54) is 25.1 Å². The van der Waals surface area contributed by atoms with Crippen LogP contribution in [0.1, 0.15) is 12.5 Å². The van der Waals surface area contributed by atoms with Crippen molar-refractivity contribution in [3.05, 3.63) is 52.1 Å². The number of fused-ring (bicyclic) bond motifs is 1. The number of carbonyl (C=O) groups excluding carboxylic acids is 2. The van der Waals surface area contributed by atoms with Crippen LogP contribution in [0.3, 0.4) is 0 Å². The molecule has 0 radical (unpaired) electrons. The highest BCUT2D eigenvalue weighted by Gasteiger charge is 2.47. The van der Waals surface area contributed by atoms with Gasteiger partial charge in [-0.3, -0.25) is 4.79 Å². The zero-order valence-electron chi connectivity index (χ0n) is 15.0. The normalized spacial score (nSPS) is 18.3. The Morgan fingerprint density at radius 3 is 2.64 bits per heavy atom. The Balaban J connectivity index is 2.01. The van der Waals surface area contributed by atoms with Crippen LogP contribution in [0.15, 0.2) is 34.9 Å². The predicted octanol–water partition coefficient (Wildman–Crippen LogP) is 3.12. The van der Waals surface area contributed by atoms with Crippen LogP contribution in [0.4, 0.5) is 19.3 Å². The Morgan fingerprint density at radius 2 is 2.00 bits per heavy atom. The van der Waals surface area contributed by atoms with Gasteiger partial charge >= 0.3 is 6.09 Å². The van der Waals surface area contributed by atoms with Crippen LogP contribution < -0.4 is 15.0 Å². The molecule has 0 aliphatic carbocycles. The van der Waals surface area contributed by atoms with Crippen molar-refractivity contribution in [2.75, 3.05) is 25.1 Å². The predicted molar refractivity (Wildman–Crippen MR) is 99.0 cm³/mol. The molecular formula is C18H16BrF2N3O4. The number of anilines is 1. The monoisotopic (exact) mass is 455 g/mol. The molecule has 0 unspecified atom stereocenters. The summed E-state index contributed by atoms with van der Waals surface area (Å²) in [6.07, 6.45) is 0.829. The minimum atomic E-state index is -1.71. The molecule has 7 nitrogen and oxygen atoms in total. The Morgan fingerprint density at radius 1 is 1.32 bits per heavy atom. The first-order chi connectivity index (χ1) is 13.2.